The lowest BCUT2D eigenvalue weighted by atomic mass is 10.2. The maximum atomic E-state index is 11.8. The Kier molecular flexibility index (Phi) is 5.17. The number of carbonyl (C=O) groups is 1. The van der Waals surface area contributed by atoms with E-state index in [0.717, 1.165) is 0 Å². The summed E-state index contributed by atoms with van der Waals surface area (Å²) in [4.78, 5) is 15.7. The van der Waals surface area contributed by atoms with Crippen molar-refractivity contribution in [3.8, 4) is 17.6 Å². The highest BCUT2D eigenvalue weighted by molar-refractivity contribution is 6.30. The summed E-state index contributed by atoms with van der Waals surface area (Å²) in [6.07, 6.45) is 1.43. The lowest BCUT2D eigenvalue weighted by Crippen LogP contribution is -2.21. The molecule has 0 fully saturated rings. The van der Waals surface area contributed by atoms with E-state index in [9.17, 15) is 4.79 Å². The second-order valence-corrected chi connectivity index (χ2v) is 4.61. The molecule has 0 aliphatic carbocycles. The number of hydrogen-bond acceptors (Lipinski definition) is 5. The van der Waals surface area contributed by atoms with Gasteiger partial charge in [0.15, 0.2) is 6.61 Å². The van der Waals surface area contributed by atoms with Gasteiger partial charge in [0, 0.05) is 12.3 Å². The highest BCUT2D eigenvalue weighted by Gasteiger charge is 2.09. The van der Waals surface area contributed by atoms with E-state index in [-0.39, 0.29) is 12.2 Å². The van der Waals surface area contributed by atoms with Crippen LogP contribution < -0.4 is 14.8 Å². The van der Waals surface area contributed by atoms with Gasteiger partial charge in [-0.05, 0) is 24.3 Å². The summed E-state index contributed by atoms with van der Waals surface area (Å²) >= 11 is 5.71. The van der Waals surface area contributed by atoms with E-state index in [1.807, 2.05) is 6.07 Å². The number of carbonyl (C=O) groups excluding carboxylic acids is 1. The number of hydrogen-bond donors (Lipinski definition) is 1. The first-order chi connectivity index (χ1) is 10.6. The standard InChI is InChI=1S/C15H12ClN3O3/c1-21-12-3-4-13(10(6-12)7-17)22-9-15(20)19-14-5-2-11(16)8-18-14/h2-6,8H,9H2,1H3,(H,18,19,20). The monoisotopic (exact) mass is 317 g/mol. The number of methoxy groups -OCH3 is 1. The number of ether oxygens (including phenoxy) is 2. The normalized spacial score (nSPS) is 9.68. The third-order valence-electron chi connectivity index (χ3n) is 2.66. The molecule has 0 radical (unpaired) electrons. The van der Waals surface area contributed by atoms with Crippen LogP contribution in [0.25, 0.3) is 0 Å². The predicted molar refractivity (Wildman–Crippen MR) is 81.1 cm³/mol. The zero-order valence-corrected chi connectivity index (χ0v) is 12.4. The fourth-order valence-corrected chi connectivity index (χ4v) is 1.73. The Hall–Kier alpha value is -2.78. The van der Waals surface area contributed by atoms with E-state index in [0.29, 0.717) is 22.3 Å². The topological polar surface area (TPSA) is 84.2 Å². The highest BCUT2D eigenvalue weighted by atomic mass is 35.5. The molecule has 0 unspecified atom stereocenters. The van der Waals surface area contributed by atoms with Crippen LogP contribution in [-0.4, -0.2) is 24.6 Å². The molecule has 6 nitrogen and oxygen atoms in total. The van der Waals surface area contributed by atoms with Crippen molar-refractivity contribution in [2.24, 2.45) is 0 Å². The van der Waals surface area contributed by atoms with E-state index < -0.39 is 5.91 Å². The van der Waals surface area contributed by atoms with Crippen LogP contribution in [0.5, 0.6) is 11.5 Å². The van der Waals surface area contributed by atoms with Crippen LogP contribution in [0, 0.1) is 11.3 Å². The van der Waals surface area contributed by atoms with Gasteiger partial charge in [0.2, 0.25) is 0 Å². The molecule has 0 aliphatic rings. The molecule has 2 aromatic rings. The van der Waals surface area contributed by atoms with Crippen LogP contribution in [0.1, 0.15) is 5.56 Å². The van der Waals surface area contributed by atoms with Crippen molar-refractivity contribution in [1.29, 1.82) is 5.26 Å². The smallest absolute Gasteiger partial charge is 0.263 e. The zero-order valence-electron chi connectivity index (χ0n) is 11.7. The summed E-state index contributed by atoms with van der Waals surface area (Å²) in [5.41, 5.74) is 0.289. The highest BCUT2D eigenvalue weighted by Crippen LogP contribution is 2.23. The Bertz CT molecular complexity index is 711. The number of benzene rings is 1. The third-order valence-corrected chi connectivity index (χ3v) is 2.88. The number of pyridine rings is 1. The summed E-state index contributed by atoms with van der Waals surface area (Å²) in [6.45, 7) is -0.245. The van der Waals surface area contributed by atoms with E-state index in [1.165, 1.54) is 19.4 Å². The van der Waals surface area contributed by atoms with Crippen LogP contribution in [0.3, 0.4) is 0 Å². The fourth-order valence-electron chi connectivity index (χ4n) is 1.62. The minimum absolute atomic E-state index is 0.245. The molecule has 2 rings (SSSR count). The molecule has 22 heavy (non-hydrogen) atoms. The van der Waals surface area contributed by atoms with Crippen LogP contribution >= 0.6 is 11.6 Å². The first kappa shape index (κ1) is 15.6. The number of anilines is 1. The maximum Gasteiger partial charge on any atom is 0.263 e. The van der Waals surface area contributed by atoms with Crippen molar-refractivity contribution in [3.63, 3.8) is 0 Å². The van der Waals surface area contributed by atoms with Crippen molar-refractivity contribution in [3.05, 3.63) is 47.1 Å². The van der Waals surface area contributed by atoms with Crippen molar-refractivity contribution >= 4 is 23.3 Å². The molecule has 0 spiro atoms. The molecule has 1 aromatic heterocycles. The Morgan fingerprint density at radius 3 is 2.86 bits per heavy atom. The van der Waals surface area contributed by atoms with Gasteiger partial charge in [0.25, 0.3) is 5.91 Å². The summed E-state index contributed by atoms with van der Waals surface area (Å²) in [7, 11) is 1.50. The molecule has 0 atom stereocenters. The summed E-state index contributed by atoms with van der Waals surface area (Å²) < 4.78 is 10.4. The SMILES string of the molecule is COc1ccc(OCC(=O)Nc2ccc(Cl)cn2)c(C#N)c1. The number of halogens is 1. The minimum Gasteiger partial charge on any atom is -0.497 e. The van der Waals surface area contributed by atoms with Gasteiger partial charge in [-0.25, -0.2) is 4.98 Å². The zero-order chi connectivity index (χ0) is 15.9. The molecular weight excluding hydrogens is 306 g/mol. The van der Waals surface area contributed by atoms with Gasteiger partial charge in [-0.3, -0.25) is 4.79 Å². The molecule has 1 aromatic carbocycles. The molecule has 1 heterocycles. The minimum atomic E-state index is -0.394. The molecule has 0 saturated carbocycles. The van der Waals surface area contributed by atoms with Gasteiger partial charge in [0.05, 0.1) is 17.7 Å². The third kappa shape index (κ3) is 4.11. The first-order valence-electron chi connectivity index (χ1n) is 6.24. The quantitative estimate of drug-likeness (QED) is 0.916. The lowest BCUT2D eigenvalue weighted by Gasteiger charge is -2.09. The Morgan fingerprint density at radius 2 is 2.23 bits per heavy atom. The average Bonchev–Trinajstić information content (AvgIpc) is 2.55. The van der Waals surface area contributed by atoms with Gasteiger partial charge >= 0.3 is 0 Å². The van der Waals surface area contributed by atoms with E-state index >= 15 is 0 Å². The van der Waals surface area contributed by atoms with Gasteiger partial charge < -0.3 is 14.8 Å². The predicted octanol–water partition coefficient (Wildman–Crippen LogP) is 2.63. The second kappa shape index (κ2) is 7.29. The molecular formula is C15H12ClN3O3. The van der Waals surface area contributed by atoms with Crippen molar-refractivity contribution in [2.75, 3.05) is 19.0 Å². The fraction of sp³-hybridized carbons (Fsp3) is 0.133. The Labute approximate surface area is 132 Å². The Balaban J connectivity index is 1.96. The van der Waals surface area contributed by atoms with Crippen LogP contribution in [-0.2, 0) is 4.79 Å². The van der Waals surface area contributed by atoms with Crippen molar-refractivity contribution < 1.29 is 14.3 Å². The maximum absolute atomic E-state index is 11.8. The Morgan fingerprint density at radius 1 is 1.41 bits per heavy atom. The van der Waals surface area contributed by atoms with E-state index in [2.05, 4.69) is 10.3 Å². The van der Waals surface area contributed by atoms with Gasteiger partial charge in [-0.2, -0.15) is 5.26 Å². The summed E-state index contributed by atoms with van der Waals surface area (Å²) in [5, 5.41) is 12.1. The molecule has 0 bridgehead atoms. The number of rotatable bonds is 5. The largest absolute Gasteiger partial charge is 0.497 e. The number of nitrogens with one attached hydrogen (secondary N) is 1. The number of nitrogens with zero attached hydrogens (tertiary/aromatic N) is 2. The molecule has 1 amide bonds. The molecule has 0 aliphatic heterocycles. The van der Waals surface area contributed by atoms with Crippen molar-refractivity contribution in [2.45, 2.75) is 0 Å². The summed E-state index contributed by atoms with van der Waals surface area (Å²) in [5.74, 6) is 0.823. The average molecular weight is 318 g/mol. The summed E-state index contributed by atoms with van der Waals surface area (Å²) in [6, 6.07) is 9.94. The van der Waals surface area contributed by atoms with Gasteiger partial charge in [0.1, 0.15) is 23.4 Å². The van der Waals surface area contributed by atoms with Crippen LogP contribution in [0.15, 0.2) is 36.5 Å². The van der Waals surface area contributed by atoms with E-state index in [1.54, 1.807) is 24.3 Å². The molecule has 112 valence electrons. The first-order valence-corrected chi connectivity index (χ1v) is 6.62. The van der Waals surface area contributed by atoms with Crippen molar-refractivity contribution in [1.82, 2.24) is 4.98 Å². The van der Waals surface area contributed by atoms with E-state index in [4.69, 9.17) is 26.3 Å². The molecule has 0 saturated heterocycles. The second-order valence-electron chi connectivity index (χ2n) is 4.17. The van der Waals surface area contributed by atoms with Gasteiger partial charge in [-0.1, -0.05) is 11.6 Å². The lowest BCUT2D eigenvalue weighted by molar-refractivity contribution is -0.118. The number of aromatic nitrogens is 1. The number of nitriles is 1. The van der Waals surface area contributed by atoms with Gasteiger partial charge in [-0.15, -0.1) is 0 Å². The molecule has 7 heteroatoms. The molecule has 1 N–H and O–H groups in total. The van der Waals surface area contributed by atoms with Crippen LogP contribution in [0.2, 0.25) is 5.02 Å². The van der Waals surface area contributed by atoms with Crippen LogP contribution in [0.4, 0.5) is 5.82 Å². The number of amides is 1.